The molecule has 30 heavy (non-hydrogen) atoms. The molecule has 2 aromatic heterocycles. The van der Waals surface area contributed by atoms with E-state index in [0.29, 0.717) is 37.0 Å². The summed E-state index contributed by atoms with van der Waals surface area (Å²) in [4.78, 5) is 22.7. The Morgan fingerprint density at radius 1 is 1.13 bits per heavy atom. The number of aromatic nitrogens is 2. The topological polar surface area (TPSA) is 78.5 Å². The minimum atomic E-state index is -0.532. The number of carbonyl (C=O) groups excluding carboxylic acids is 1. The summed E-state index contributed by atoms with van der Waals surface area (Å²) in [7, 11) is 0. The minimum absolute atomic E-state index is 0.0335. The first-order valence-corrected chi connectivity index (χ1v) is 10.6. The lowest BCUT2D eigenvalue weighted by molar-refractivity contribution is -0.0236. The van der Waals surface area contributed by atoms with Gasteiger partial charge in [-0.1, -0.05) is 18.2 Å². The number of aliphatic hydroxyl groups excluding tert-OH is 1. The van der Waals surface area contributed by atoms with E-state index >= 15 is 0 Å². The van der Waals surface area contributed by atoms with Crippen LogP contribution in [0.3, 0.4) is 0 Å². The average Bonchev–Trinajstić information content (AvgIpc) is 3.33. The van der Waals surface area contributed by atoms with E-state index in [2.05, 4.69) is 9.97 Å². The number of H-pyrrole nitrogens is 1. The molecule has 1 aromatic carbocycles. The maximum absolute atomic E-state index is 13.1. The Kier molecular flexibility index (Phi) is 4.74. The van der Waals surface area contributed by atoms with Crippen LogP contribution in [0.15, 0.2) is 42.5 Å². The van der Waals surface area contributed by atoms with Crippen molar-refractivity contribution < 1.29 is 14.6 Å². The third-order valence-electron chi connectivity index (χ3n) is 6.59. The highest BCUT2D eigenvalue weighted by Crippen LogP contribution is 2.38. The normalized spacial score (nSPS) is 26.0. The molecule has 6 nitrogen and oxygen atoms in total. The third kappa shape index (κ3) is 3.45. The number of hydrogen-bond acceptors (Lipinski definition) is 4. The van der Waals surface area contributed by atoms with Crippen LogP contribution >= 0.6 is 0 Å². The van der Waals surface area contributed by atoms with Gasteiger partial charge in [0, 0.05) is 29.7 Å². The molecule has 1 aliphatic heterocycles. The molecule has 1 amide bonds. The Labute approximate surface area is 175 Å². The van der Waals surface area contributed by atoms with Crippen LogP contribution in [0.2, 0.25) is 0 Å². The highest BCUT2D eigenvalue weighted by Gasteiger charge is 2.44. The summed E-state index contributed by atoms with van der Waals surface area (Å²) in [6.45, 7) is 5.27. The van der Waals surface area contributed by atoms with Gasteiger partial charge in [-0.25, -0.2) is 0 Å². The number of benzene rings is 1. The van der Waals surface area contributed by atoms with E-state index in [-0.39, 0.29) is 12.0 Å². The number of aromatic amines is 1. The number of nitrogens with one attached hydrogen (secondary N) is 1. The van der Waals surface area contributed by atoms with Crippen molar-refractivity contribution in [2.75, 3.05) is 13.1 Å². The fourth-order valence-corrected chi connectivity index (χ4v) is 5.00. The molecule has 2 fully saturated rings. The second kappa shape index (κ2) is 7.43. The Balaban J connectivity index is 1.28. The predicted molar refractivity (Wildman–Crippen MR) is 115 cm³/mol. The van der Waals surface area contributed by atoms with E-state index in [0.717, 1.165) is 34.5 Å². The Hall–Kier alpha value is -2.86. The first-order chi connectivity index (χ1) is 14.5. The molecule has 1 aliphatic carbocycles. The van der Waals surface area contributed by atoms with Gasteiger partial charge in [-0.05, 0) is 62.8 Å². The van der Waals surface area contributed by atoms with Crippen LogP contribution in [0, 0.1) is 25.7 Å². The molecule has 2 aliphatic rings. The predicted octanol–water partition coefficient (Wildman–Crippen LogP) is 3.47. The highest BCUT2D eigenvalue weighted by molar-refractivity contribution is 5.98. The SMILES string of the molecule is Cc1ccc(O[C@@H]2C[C@@H]3CN(C(=O)c4cc5ccccc5[nH]4)C[C@@H]3C[C@H]2O)c(C)n1. The molecule has 6 heteroatoms. The van der Waals surface area contributed by atoms with Crippen molar-refractivity contribution in [3.05, 3.63) is 59.5 Å². The first-order valence-electron chi connectivity index (χ1n) is 10.6. The Morgan fingerprint density at radius 3 is 2.67 bits per heavy atom. The van der Waals surface area contributed by atoms with Crippen molar-refractivity contribution in [3.8, 4) is 5.75 Å². The minimum Gasteiger partial charge on any atom is -0.486 e. The standard InChI is InChI=1S/C24H27N3O3/c1-14-7-8-22(15(2)25-14)30-23-11-18-13-27(12-17(18)10-21(23)28)24(29)20-9-16-5-3-4-6-19(16)26-20/h3-9,17-18,21,23,26,28H,10-13H2,1-2H3/t17-,18+,21+,23+/m0/s1. The van der Waals surface area contributed by atoms with Gasteiger partial charge in [0.2, 0.25) is 0 Å². The Bertz CT molecular complexity index is 1060. The van der Waals surface area contributed by atoms with Crippen molar-refractivity contribution in [1.82, 2.24) is 14.9 Å². The highest BCUT2D eigenvalue weighted by atomic mass is 16.5. The summed E-state index contributed by atoms with van der Waals surface area (Å²) >= 11 is 0. The molecule has 3 heterocycles. The fraction of sp³-hybridized carbons (Fsp3) is 0.417. The van der Waals surface area contributed by atoms with Gasteiger partial charge in [-0.3, -0.25) is 9.78 Å². The van der Waals surface area contributed by atoms with Gasteiger partial charge in [-0.2, -0.15) is 0 Å². The van der Waals surface area contributed by atoms with Crippen molar-refractivity contribution in [2.24, 2.45) is 11.8 Å². The fourth-order valence-electron chi connectivity index (χ4n) is 5.00. The monoisotopic (exact) mass is 405 g/mol. The van der Waals surface area contributed by atoms with Crippen LogP contribution in [0.4, 0.5) is 0 Å². The molecule has 4 atom stereocenters. The van der Waals surface area contributed by atoms with E-state index < -0.39 is 6.10 Å². The van der Waals surface area contributed by atoms with Gasteiger partial charge in [0.25, 0.3) is 5.91 Å². The number of fused-ring (bicyclic) bond motifs is 2. The number of amides is 1. The first kappa shape index (κ1) is 19.1. The number of pyridine rings is 1. The summed E-state index contributed by atoms with van der Waals surface area (Å²) < 4.78 is 6.16. The second-order valence-electron chi connectivity index (χ2n) is 8.73. The molecule has 156 valence electrons. The molecule has 0 bridgehead atoms. The van der Waals surface area contributed by atoms with E-state index in [9.17, 15) is 9.90 Å². The number of aliphatic hydroxyl groups is 1. The lowest BCUT2D eigenvalue weighted by Gasteiger charge is -2.35. The zero-order valence-electron chi connectivity index (χ0n) is 17.3. The average molecular weight is 405 g/mol. The number of nitrogens with zero attached hydrogens (tertiary/aromatic N) is 2. The summed E-state index contributed by atoms with van der Waals surface area (Å²) in [5, 5.41) is 11.7. The van der Waals surface area contributed by atoms with E-state index in [1.807, 2.05) is 61.2 Å². The van der Waals surface area contributed by atoms with Gasteiger partial charge in [0.1, 0.15) is 17.5 Å². The zero-order valence-corrected chi connectivity index (χ0v) is 17.3. The molecule has 0 spiro atoms. The van der Waals surface area contributed by atoms with Crippen LogP contribution in [0.5, 0.6) is 5.75 Å². The molecule has 5 rings (SSSR count). The van der Waals surface area contributed by atoms with Crippen molar-refractivity contribution in [2.45, 2.75) is 38.9 Å². The van der Waals surface area contributed by atoms with Crippen LogP contribution in [0.25, 0.3) is 10.9 Å². The largest absolute Gasteiger partial charge is 0.486 e. The van der Waals surface area contributed by atoms with Crippen LogP contribution in [-0.4, -0.2) is 51.2 Å². The smallest absolute Gasteiger partial charge is 0.270 e. The zero-order chi connectivity index (χ0) is 20.8. The van der Waals surface area contributed by atoms with Gasteiger partial charge in [0.15, 0.2) is 0 Å². The Morgan fingerprint density at radius 2 is 1.90 bits per heavy atom. The van der Waals surface area contributed by atoms with Gasteiger partial charge < -0.3 is 19.7 Å². The van der Waals surface area contributed by atoms with Crippen molar-refractivity contribution in [1.29, 1.82) is 0 Å². The summed E-state index contributed by atoms with van der Waals surface area (Å²) in [6.07, 6.45) is 0.604. The number of aryl methyl sites for hydroxylation is 2. The molecule has 1 saturated heterocycles. The maximum atomic E-state index is 13.1. The third-order valence-corrected chi connectivity index (χ3v) is 6.59. The van der Waals surface area contributed by atoms with Crippen LogP contribution < -0.4 is 4.74 Å². The quantitative estimate of drug-likeness (QED) is 0.699. The molecule has 0 radical (unpaired) electrons. The number of para-hydroxylation sites is 1. The number of ether oxygens (including phenoxy) is 1. The van der Waals surface area contributed by atoms with Gasteiger partial charge in [0.05, 0.1) is 11.8 Å². The van der Waals surface area contributed by atoms with Crippen LogP contribution in [-0.2, 0) is 0 Å². The molecule has 0 unspecified atom stereocenters. The second-order valence-corrected chi connectivity index (χ2v) is 8.73. The lowest BCUT2D eigenvalue weighted by atomic mass is 9.78. The van der Waals surface area contributed by atoms with E-state index in [1.54, 1.807) is 0 Å². The van der Waals surface area contributed by atoms with E-state index in [1.165, 1.54) is 0 Å². The summed E-state index contributed by atoms with van der Waals surface area (Å²) in [5.74, 6) is 1.41. The van der Waals surface area contributed by atoms with Gasteiger partial charge >= 0.3 is 0 Å². The molecule has 1 saturated carbocycles. The lowest BCUT2D eigenvalue weighted by Crippen LogP contribution is -2.42. The molecule has 3 aromatic rings. The molecular weight excluding hydrogens is 378 g/mol. The number of hydrogen-bond donors (Lipinski definition) is 2. The number of carbonyl (C=O) groups is 1. The maximum Gasteiger partial charge on any atom is 0.270 e. The van der Waals surface area contributed by atoms with Crippen LogP contribution in [0.1, 0.15) is 34.7 Å². The van der Waals surface area contributed by atoms with Gasteiger partial charge in [-0.15, -0.1) is 0 Å². The van der Waals surface area contributed by atoms with E-state index in [4.69, 9.17) is 4.74 Å². The number of rotatable bonds is 3. The number of likely N-dealkylation sites (tertiary alicyclic amines) is 1. The summed E-state index contributed by atoms with van der Waals surface area (Å²) in [5.41, 5.74) is 3.39. The van der Waals surface area contributed by atoms with Crippen molar-refractivity contribution >= 4 is 16.8 Å². The van der Waals surface area contributed by atoms with Crippen molar-refractivity contribution in [3.63, 3.8) is 0 Å². The molecule has 2 N–H and O–H groups in total. The summed E-state index contributed by atoms with van der Waals surface area (Å²) in [6, 6.07) is 13.7. The molecular formula is C24H27N3O3.